The molecule has 6 unspecified atom stereocenters. The largest absolute Gasteiger partial charge is 0.440 e. The average molecular weight is 1110 g/mol. The first kappa shape index (κ1) is 57.8. The van der Waals surface area contributed by atoms with E-state index in [1.54, 1.807) is 0 Å². The minimum atomic E-state index is -1.17. The molecule has 2 aliphatic heterocycles. The van der Waals surface area contributed by atoms with Gasteiger partial charge in [-0.1, -0.05) is 243 Å². The summed E-state index contributed by atoms with van der Waals surface area (Å²) in [5.74, 6) is 0. The van der Waals surface area contributed by atoms with Gasteiger partial charge >= 0.3 is 6.09 Å². The van der Waals surface area contributed by atoms with E-state index in [9.17, 15) is 0 Å². The molecule has 0 aliphatic carbocycles. The van der Waals surface area contributed by atoms with E-state index in [1.165, 1.54) is 0 Å². The number of carbonyl (C=O) groups is 1. The highest BCUT2D eigenvalue weighted by atomic mass is 16.7. The Kier molecular flexibility index (Phi) is 22.0. The van der Waals surface area contributed by atoms with Crippen LogP contribution >= 0.6 is 0 Å². The van der Waals surface area contributed by atoms with Crippen molar-refractivity contribution in [2.45, 2.75) is 114 Å². The average Bonchev–Trinajstić information content (AvgIpc) is 3.69. The summed E-state index contributed by atoms with van der Waals surface area (Å²) < 4.78 is 75.0. The lowest BCUT2D eigenvalue weighted by atomic mass is 9.96. The molecule has 82 heavy (non-hydrogen) atoms. The Labute approximate surface area is 480 Å². The first-order valence-corrected chi connectivity index (χ1v) is 28.0. The van der Waals surface area contributed by atoms with Crippen molar-refractivity contribution < 1.29 is 56.9 Å². The fraction of sp³-hybridized carbons (Fsp3) is 0.290. The van der Waals surface area contributed by atoms with Gasteiger partial charge in [0.15, 0.2) is 18.6 Å². The number of amides is 1. The van der Waals surface area contributed by atoms with Crippen LogP contribution in [0.4, 0.5) is 4.79 Å². The number of hydrogen-bond acceptors (Lipinski definition) is 12. The number of ether oxygens (including phenoxy) is 11. The number of rotatable bonds is 28. The molecule has 0 radical (unpaired) electrons. The van der Waals surface area contributed by atoms with Crippen molar-refractivity contribution >= 4 is 6.09 Å². The van der Waals surface area contributed by atoms with Gasteiger partial charge in [0, 0.05) is 0 Å². The van der Waals surface area contributed by atoms with Gasteiger partial charge in [0.1, 0.15) is 42.7 Å². The molecule has 1 amide bonds. The van der Waals surface area contributed by atoms with E-state index >= 15 is 4.79 Å². The van der Waals surface area contributed by atoms with Gasteiger partial charge in [-0.25, -0.2) is 4.79 Å². The molecule has 1 N–H and O–H groups in total. The van der Waals surface area contributed by atoms with Crippen molar-refractivity contribution in [3.63, 3.8) is 0 Å². The highest BCUT2D eigenvalue weighted by molar-refractivity contribution is 5.68. The third-order valence-electron chi connectivity index (χ3n) is 14.2. The van der Waals surface area contributed by atoms with Crippen molar-refractivity contribution in [3.8, 4) is 0 Å². The summed E-state index contributed by atoms with van der Waals surface area (Å²) in [5.41, 5.74) is 7.50. The lowest BCUT2D eigenvalue weighted by Crippen LogP contribution is -2.66. The molecule has 0 aromatic heterocycles. The highest BCUT2D eigenvalue weighted by Crippen LogP contribution is 2.34. The fourth-order valence-electron chi connectivity index (χ4n) is 9.99. The summed E-state index contributed by atoms with van der Waals surface area (Å²) in [5, 5.41) is 3.12. The van der Waals surface area contributed by atoms with Crippen LogP contribution in [0.5, 0.6) is 0 Å². The molecule has 0 saturated carbocycles. The lowest BCUT2D eigenvalue weighted by molar-refractivity contribution is -0.323. The molecule has 0 spiro atoms. The van der Waals surface area contributed by atoms with E-state index in [0.29, 0.717) is 6.61 Å². The number of nitrogens with one attached hydrogen (secondary N) is 1. The second-order valence-electron chi connectivity index (χ2n) is 20.3. The smallest absolute Gasteiger partial charge is 0.409 e. The maximum atomic E-state index is 15.3. The van der Waals surface area contributed by atoms with Crippen LogP contribution in [0.25, 0.3) is 0 Å². The van der Waals surface area contributed by atoms with Gasteiger partial charge in [0.2, 0.25) is 0 Å². The molecule has 424 valence electrons. The molecular weight excluding hydrogens is 1030 g/mol. The zero-order valence-electron chi connectivity index (χ0n) is 45.8. The van der Waals surface area contributed by atoms with E-state index < -0.39 is 67.4 Å². The Balaban J connectivity index is 0.994. The SMILES string of the molecule is O=C(NC1OC(COCc2ccccc2)[C@@H](OCc2ccccc2)C(OCc2ccccc2)[C@H]1OCc1ccccc1)O[C@@H]1C(COCc2ccccc2)OC(OCc2ccccc2)[C@H](OCc2ccccc2)C1OCc1ccccc1. The van der Waals surface area contributed by atoms with Gasteiger partial charge in [-0.15, -0.1) is 0 Å². The lowest BCUT2D eigenvalue weighted by Gasteiger charge is -2.47. The molecule has 2 aliphatic rings. The van der Waals surface area contributed by atoms with E-state index in [0.717, 1.165) is 44.5 Å². The Morgan fingerprint density at radius 3 is 0.951 bits per heavy atom. The van der Waals surface area contributed by atoms with Crippen molar-refractivity contribution in [2.24, 2.45) is 0 Å². The number of carbonyl (C=O) groups excluding carboxylic acids is 1. The predicted octanol–water partition coefficient (Wildman–Crippen LogP) is 12.1. The third kappa shape index (κ3) is 17.3. The summed E-state index contributed by atoms with van der Waals surface area (Å²) in [6.45, 7) is 1.78. The van der Waals surface area contributed by atoms with Crippen LogP contribution in [0.2, 0.25) is 0 Å². The highest BCUT2D eigenvalue weighted by Gasteiger charge is 2.53. The molecule has 8 aromatic rings. The maximum absolute atomic E-state index is 15.3. The van der Waals surface area contributed by atoms with Gasteiger partial charge in [-0.05, 0) is 44.5 Å². The number of hydrogen-bond donors (Lipinski definition) is 1. The van der Waals surface area contributed by atoms with Crippen molar-refractivity contribution in [3.05, 3.63) is 287 Å². The van der Waals surface area contributed by atoms with Crippen molar-refractivity contribution in [1.29, 1.82) is 0 Å². The quantitative estimate of drug-likeness (QED) is 0.0501. The molecule has 2 saturated heterocycles. The summed E-state index contributed by atoms with van der Waals surface area (Å²) >= 11 is 0. The summed E-state index contributed by atoms with van der Waals surface area (Å²) in [6, 6.07) is 78.9. The summed E-state index contributed by atoms with van der Waals surface area (Å²) in [4.78, 5) is 15.3. The van der Waals surface area contributed by atoms with Crippen LogP contribution < -0.4 is 5.32 Å². The van der Waals surface area contributed by atoms with Crippen LogP contribution in [0, 0.1) is 0 Å². The molecule has 8 aromatic carbocycles. The fourth-order valence-corrected chi connectivity index (χ4v) is 9.99. The molecule has 2 fully saturated rings. The molecular formula is C69H71NO12. The molecule has 13 heteroatoms. The summed E-state index contributed by atoms with van der Waals surface area (Å²) in [6.07, 6.45) is -10.3. The summed E-state index contributed by atoms with van der Waals surface area (Å²) in [7, 11) is 0. The normalized spacial score (nSPS) is 22.5. The van der Waals surface area contributed by atoms with Gasteiger partial charge in [-0.2, -0.15) is 0 Å². The van der Waals surface area contributed by atoms with Crippen LogP contribution in [-0.4, -0.2) is 80.7 Å². The van der Waals surface area contributed by atoms with Crippen molar-refractivity contribution in [2.75, 3.05) is 13.2 Å². The maximum Gasteiger partial charge on any atom is 0.409 e. The Bertz CT molecular complexity index is 3030. The first-order chi connectivity index (χ1) is 40.6. The Hall–Kier alpha value is -7.37. The Morgan fingerprint density at radius 1 is 0.305 bits per heavy atom. The van der Waals surface area contributed by atoms with E-state index in [1.807, 2.05) is 243 Å². The van der Waals surface area contributed by atoms with Gasteiger partial charge in [0.05, 0.1) is 66.1 Å². The minimum absolute atomic E-state index is 0.00591. The second-order valence-corrected chi connectivity index (χ2v) is 20.3. The molecule has 10 rings (SSSR count). The minimum Gasteiger partial charge on any atom is -0.440 e. The van der Waals surface area contributed by atoms with Crippen LogP contribution in [0.1, 0.15) is 44.5 Å². The van der Waals surface area contributed by atoms with E-state index in [4.69, 9.17) is 52.1 Å². The number of alkyl carbamates (subject to hydrolysis) is 1. The Morgan fingerprint density at radius 2 is 0.585 bits per heavy atom. The van der Waals surface area contributed by atoms with Crippen LogP contribution in [0.15, 0.2) is 243 Å². The van der Waals surface area contributed by atoms with Crippen LogP contribution in [-0.2, 0) is 105 Å². The number of benzene rings is 8. The van der Waals surface area contributed by atoms with Gasteiger partial charge < -0.3 is 52.1 Å². The van der Waals surface area contributed by atoms with E-state index in [-0.39, 0.29) is 59.5 Å². The van der Waals surface area contributed by atoms with Crippen molar-refractivity contribution in [1.82, 2.24) is 5.32 Å². The van der Waals surface area contributed by atoms with E-state index in [2.05, 4.69) is 5.32 Å². The molecule has 0 bridgehead atoms. The third-order valence-corrected chi connectivity index (χ3v) is 14.2. The molecule has 10 atom stereocenters. The van der Waals surface area contributed by atoms with Gasteiger partial charge in [0.25, 0.3) is 0 Å². The predicted molar refractivity (Wildman–Crippen MR) is 309 cm³/mol. The van der Waals surface area contributed by atoms with Crippen LogP contribution in [0.3, 0.4) is 0 Å². The van der Waals surface area contributed by atoms with Gasteiger partial charge in [-0.3, -0.25) is 5.32 Å². The topological polar surface area (TPSA) is 131 Å². The monoisotopic (exact) mass is 1110 g/mol. The zero-order valence-corrected chi connectivity index (χ0v) is 45.8. The zero-order chi connectivity index (χ0) is 55.8. The first-order valence-electron chi connectivity index (χ1n) is 28.0. The standard InChI is InChI=1S/C69H71NO12/c71-69(70-67-65(77-46-56-35-19-6-20-36-56)63(75-44-54-31-15-4-16-32-54)61(74-43-53-29-13-3-14-30-53)59(80-67)49-72-41-51-25-9-1-10-26-51)82-62-60(50-73-42-52-27-11-2-12-28-52)81-68(79-48-58-39-23-8-24-40-58)66(78-47-57-37-21-7-22-38-57)64(62)76-45-55-33-17-5-18-34-55/h1-40,59-68H,41-50H2,(H,70,71)/t59?,60?,61-,62-,63?,64?,65-,66-,67?,68?/m1/s1. The second kappa shape index (κ2) is 31.2. The molecule has 13 nitrogen and oxygen atoms in total. The molecule has 2 heterocycles.